The Morgan fingerprint density at radius 3 is 2.89 bits per heavy atom. The fraction of sp³-hybridized carbons (Fsp3) is 0.316. The van der Waals surface area contributed by atoms with Crippen LogP contribution in [0.25, 0.3) is 21.9 Å². The molecule has 0 radical (unpaired) electrons. The average Bonchev–Trinajstić information content (AvgIpc) is 3.35. The van der Waals surface area contributed by atoms with Gasteiger partial charge in [-0.3, -0.25) is 4.98 Å². The molecular formula is C19H20N6O2. The van der Waals surface area contributed by atoms with Gasteiger partial charge in [0.1, 0.15) is 23.9 Å². The van der Waals surface area contributed by atoms with Crippen LogP contribution < -0.4 is 5.73 Å². The van der Waals surface area contributed by atoms with Crippen molar-refractivity contribution >= 4 is 27.8 Å². The molecule has 4 atom stereocenters. The van der Waals surface area contributed by atoms with Crippen LogP contribution in [0, 0.1) is 5.92 Å². The molecule has 1 aliphatic rings. The number of hydrogen-bond acceptors (Lipinski definition) is 6. The van der Waals surface area contributed by atoms with Crippen LogP contribution in [0.15, 0.2) is 49.3 Å². The van der Waals surface area contributed by atoms with E-state index in [1.54, 1.807) is 6.20 Å². The number of nitrogens with zero attached hydrogens (tertiary/aromatic N) is 5. The number of anilines is 1. The first-order valence-corrected chi connectivity index (χ1v) is 8.95. The van der Waals surface area contributed by atoms with Crippen molar-refractivity contribution in [2.45, 2.75) is 31.2 Å². The molecular weight excluding hydrogens is 344 g/mol. The van der Waals surface area contributed by atoms with Gasteiger partial charge in [0.2, 0.25) is 0 Å². The number of pyridine rings is 1. The van der Waals surface area contributed by atoms with Crippen LogP contribution in [0.1, 0.15) is 12.5 Å². The number of nitrogen functional groups attached to an aromatic ring is 1. The third-order valence-electron chi connectivity index (χ3n) is 5.68. The van der Waals surface area contributed by atoms with E-state index in [0.717, 1.165) is 16.3 Å². The van der Waals surface area contributed by atoms with Crippen molar-refractivity contribution in [2.24, 2.45) is 5.92 Å². The molecule has 1 saturated carbocycles. The first kappa shape index (κ1) is 16.2. The van der Waals surface area contributed by atoms with Gasteiger partial charge in [-0.15, -0.1) is 0 Å². The standard InChI is InChI=1S/C19H20N6O2/c20-18-13-3-6-25(19(13)23-10-22-18)14-7-12(16(26)17(14)27)9-24-5-2-11-1-4-21-8-15(11)24/h1-6,8,10,12,14,16-17,26-27H,7,9H2,(H2,20,22,23)/t12-,14-,16-,17+/m1/s1. The van der Waals surface area contributed by atoms with Crippen LogP contribution in [0.2, 0.25) is 0 Å². The summed E-state index contributed by atoms with van der Waals surface area (Å²) in [4.78, 5) is 12.5. The summed E-state index contributed by atoms with van der Waals surface area (Å²) in [6.07, 6.45) is 7.80. The molecule has 0 bridgehead atoms. The molecule has 8 nitrogen and oxygen atoms in total. The first-order valence-electron chi connectivity index (χ1n) is 8.95. The molecule has 1 aliphatic carbocycles. The van der Waals surface area contributed by atoms with Crippen LogP contribution in [-0.4, -0.2) is 46.5 Å². The van der Waals surface area contributed by atoms with Gasteiger partial charge in [0, 0.05) is 36.4 Å². The third-order valence-corrected chi connectivity index (χ3v) is 5.68. The van der Waals surface area contributed by atoms with E-state index in [9.17, 15) is 10.2 Å². The Kier molecular flexibility index (Phi) is 3.63. The van der Waals surface area contributed by atoms with Crippen molar-refractivity contribution in [2.75, 3.05) is 5.73 Å². The molecule has 4 aromatic rings. The zero-order chi connectivity index (χ0) is 18.5. The molecule has 5 rings (SSSR count). The van der Waals surface area contributed by atoms with Gasteiger partial charge >= 0.3 is 0 Å². The summed E-state index contributed by atoms with van der Waals surface area (Å²) in [5.41, 5.74) is 7.61. The summed E-state index contributed by atoms with van der Waals surface area (Å²) >= 11 is 0. The predicted octanol–water partition coefficient (Wildman–Crippen LogP) is 1.35. The second kappa shape index (κ2) is 6.04. The lowest BCUT2D eigenvalue weighted by Crippen LogP contribution is -2.30. The molecule has 0 amide bonds. The SMILES string of the molecule is Nc1ncnc2c1ccn2[C@@H]1C[C@H](Cn2ccc3ccncc32)[C@@H](O)[C@H]1O. The zero-order valence-electron chi connectivity index (χ0n) is 14.6. The van der Waals surface area contributed by atoms with E-state index in [-0.39, 0.29) is 12.0 Å². The summed E-state index contributed by atoms with van der Waals surface area (Å²) in [6, 6.07) is 5.58. The highest BCUT2D eigenvalue weighted by molar-refractivity contribution is 5.86. The molecule has 0 unspecified atom stereocenters. The average molecular weight is 364 g/mol. The van der Waals surface area contributed by atoms with Crippen LogP contribution >= 0.6 is 0 Å². The van der Waals surface area contributed by atoms with Crippen molar-refractivity contribution < 1.29 is 10.2 Å². The summed E-state index contributed by atoms with van der Waals surface area (Å²) in [6.45, 7) is 0.611. The normalized spacial score (nSPS) is 25.6. The Morgan fingerprint density at radius 1 is 1.11 bits per heavy atom. The minimum atomic E-state index is -0.873. The fourth-order valence-corrected chi connectivity index (χ4v) is 4.25. The van der Waals surface area contributed by atoms with Gasteiger partial charge in [-0.05, 0) is 24.6 Å². The maximum Gasteiger partial charge on any atom is 0.145 e. The van der Waals surface area contributed by atoms with Crippen LogP contribution in [-0.2, 0) is 6.54 Å². The summed E-state index contributed by atoms with van der Waals surface area (Å²) in [5, 5.41) is 23.2. The summed E-state index contributed by atoms with van der Waals surface area (Å²) < 4.78 is 3.98. The summed E-state index contributed by atoms with van der Waals surface area (Å²) in [5.74, 6) is 0.326. The Hall–Kier alpha value is -2.97. The van der Waals surface area contributed by atoms with Crippen LogP contribution in [0.4, 0.5) is 5.82 Å². The molecule has 8 heteroatoms. The molecule has 1 fully saturated rings. The van der Waals surface area contributed by atoms with Crippen molar-refractivity contribution in [3.8, 4) is 0 Å². The van der Waals surface area contributed by atoms with Gasteiger partial charge in [0.05, 0.1) is 29.2 Å². The molecule has 0 saturated heterocycles. The van der Waals surface area contributed by atoms with E-state index < -0.39 is 12.2 Å². The van der Waals surface area contributed by atoms with Gasteiger partial charge in [-0.2, -0.15) is 0 Å². The van der Waals surface area contributed by atoms with Crippen LogP contribution in [0.3, 0.4) is 0 Å². The Morgan fingerprint density at radius 2 is 2.00 bits per heavy atom. The molecule has 27 heavy (non-hydrogen) atoms. The topological polar surface area (TPSA) is 115 Å². The van der Waals surface area contributed by atoms with Crippen LogP contribution in [0.5, 0.6) is 0 Å². The smallest absolute Gasteiger partial charge is 0.145 e. The zero-order valence-corrected chi connectivity index (χ0v) is 14.6. The number of aliphatic hydroxyl groups excluding tert-OH is 2. The van der Waals surface area contributed by atoms with E-state index in [4.69, 9.17) is 5.73 Å². The maximum absolute atomic E-state index is 10.7. The highest BCUT2D eigenvalue weighted by atomic mass is 16.3. The molecule has 4 heterocycles. The van der Waals surface area contributed by atoms with Gasteiger partial charge < -0.3 is 25.1 Å². The first-order chi connectivity index (χ1) is 13.1. The Balaban J connectivity index is 1.46. The molecule has 138 valence electrons. The number of nitrogens with two attached hydrogens (primary N) is 1. The summed E-state index contributed by atoms with van der Waals surface area (Å²) in [7, 11) is 0. The highest BCUT2D eigenvalue weighted by Crippen LogP contribution is 2.38. The predicted molar refractivity (Wildman–Crippen MR) is 101 cm³/mol. The van der Waals surface area contributed by atoms with Gasteiger partial charge in [-0.25, -0.2) is 9.97 Å². The second-order valence-electron chi connectivity index (χ2n) is 7.17. The number of fused-ring (bicyclic) bond motifs is 2. The number of rotatable bonds is 3. The number of aromatic nitrogens is 5. The Labute approximate surface area is 154 Å². The lowest BCUT2D eigenvalue weighted by atomic mass is 10.1. The number of aliphatic hydroxyl groups is 2. The highest BCUT2D eigenvalue weighted by Gasteiger charge is 2.42. The van der Waals surface area contributed by atoms with Crippen molar-refractivity contribution in [3.05, 3.63) is 49.3 Å². The van der Waals surface area contributed by atoms with Crippen molar-refractivity contribution in [1.82, 2.24) is 24.1 Å². The fourth-order valence-electron chi connectivity index (χ4n) is 4.25. The van der Waals surface area contributed by atoms with E-state index in [0.29, 0.717) is 24.4 Å². The van der Waals surface area contributed by atoms with Gasteiger partial charge in [0.25, 0.3) is 0 Å². The second-order valence-corrected chi connectivity index (χ2v) is 7.17. The van der Waals surface area contributed by atoms with Gasteiger partial charge in [-0.1, -0.05) is 0 Å². The minimum absolute atomic E-state index is 0.0857. The third kappa shape index (κ3) is 2.48. The maximum atomic E-state index is 10.7. The number of hydrogen-bond donors (Lipinski definition) is 3. The molecule has 4 N–H and O–H groups in total. The molecule has 0 aromatic carbocycles. The molecule has 4 aromatic heterocycles. The lowest BCUT2D eigenvalue weighted by molar-refractivity contribution is 0.00414. The quantitative estimate of drug-likeness (QED) is 0.505. The lowest BCUT2D eigenvalue weighted by Gasteiger charge is -2.19. The monoisotopic (exact) mass is 364 g/mol. The van der Waals surface area contributed by atoms with Gasteiger partial charge in [0.15, 0.2) is 0 Å². The van der Waals surface area contributed by atoms with E-state index in [1.807, 2.05) is 41.4 Å². The van der Waals surface area contributed by atoms with E-state index in [2.05, 4.69) is 19.5 Å². The largest absolute Gasteiger partial charge is 0.390 e. The van der Waals surface area contributed by atoms with E-state index >= 15 is 0 Å². The van der Waals surface area contributed by atoms with Crippen molar-refractivity contribution in [3.63, 3.8) is 0 Å². The molecule has 0 spiro atoms. The van der Waals surface area contributed by atoms with Crippen molar-refractivity contribution in [1.29, 1.82) is 0 Å². The molecule has 0 aliphatic heterocycles. The Bertz CT molecular complexity index is 1120. The minimum Gasteiger partial charge on any atom is -0.390 e. The van der Waals surface area contributed by atoms with E-state index in [1.165, 1.54) is 6.33 Å².